The van der Waals surface area contributed by atoms with Gasteiger partial charge in [-0.1, -0.05) is 31.5 Å². The molecule has 0 saturated heterocycles. The van der Waals surface area contributed by atoms with Gasteiger partial charge in [0.25, 0.3) is 11.8 Å². The smallest absolute Gasteiger partial charge is 0.338 e. The second kappa shape index (κ2) is 13.7. The van der Waals surface area contributed by atoms with Crippen molar-refractivity contribution in [2.24, 2.45) is 5.92 Å². The minimum absolute atomic E-state index is 0.195. The molecule has 0 unspecified atom stereocenters. The summed E-state index contributed by atoms with van der Waals surface area (Å²) < 4.78 is 9.95. The molecule has 0 radical (unpaired) electrons. The van der Waals surface area contributed by atoms with Crippen LogP contribution < -0.4 is 16.2 Å². The number of hydrogen-bond donors (Lipinski definition) is 3. The highest BCUT2D eigenvalue weighted by molar-refractivity contribution is 6.30. The Labute approximate surface area is 207 Å². The third kappa shape index (κ3) is 10.3. The molecule has 35 heavy (non-hydrogen) atoms. The zero-order valence-corrected chi connectivity index (χ0v) is 20.0. The fraction of sp³-hybridized carbons (Fsp3) is 0.292. The standard InChI is InChI=1S/C24H26ClN3O7/c1-15(2)13-35-24(33)17-4-3-5-19(12-17)26-20(29)10-11-22(31)34-14-21(30)27-28-23(32)16-6-8-18(25)9-7-16/h3-9,12,15H,10-11,13-14H2,1-2H3,(H,26,29)(H,27,30)(H,28,32). The molecule has 0 aromatic heterocycles. The second-order valence-corrected chi connectivity index (χ2v) is 8.23. The molecule has 0 atom stereocenters. The number of esters is 2. The van der Waals surface area contributed by atoms with Crippen molar-refractivity contribution in [1.29, 1.82) is 0 Å². The van der Waals surface area contributed by atoms with E-state index >= 15 is 0 Å². The van der Waals surface area contributed by atoms with E-state index in [4.69, 9.17) is 21.1 Å². The quantitative estimate of drug-likeness (QED) is 0.334. The number of hydrogen-bond acceptors (Lipinski definition) is 7. The largest absolute Gasteiger partial charge is 0.462 e. The van der Waals surface area contributed by atoms with Gasteiger partial charge in [-0.2, -0.15) is 0 Å². The summed E-state index contributed by atoms with van der Waals surface area (Å²) in [6.45, 7) is 3.48. The normalized spacial score (nSPS) is 10.3. The van der Waals surface area contributed by atoms with E-state index in [-0.39, 0.29) is 36.5 Å². The van der Waals surface area contributed by atoms with Gasteiger partial charge in [0.1, 0.15) is 0 Å². The first-order valence-electron chi connectivity index (χ1n) is 10.7. The van der Waals surface area contributed by atoms with Crippen LogP contribution in [-0.4, -0.2) is 42.9 Å². The van der Waals surface area contributed by atoms with Crippen LogP contribution in [0.25, 0.3) is 0 Å². The third-order valence-corrected chi connectivity index (χ3v) is 4.52. The molecule has 0 bridgehead atoms. The summed E-state index contributed by atoms with van der Waals surface area (Å²) in [5, 5.41) is 3.04. The van der Waals surface area contributed by atoms with E-state index in [1.165, 1.54) is 30.3 Å². The highest BCUT2D eigenvalue weighted by atomic mass is 35.5. The van der Waals surface area contributed by atoms with Gasteiger partial charge in [0, 0.05) is 22.7 Å². The number of carbonyl (C=O) groups is 5. The molecule has 2 aromatic carbocycles. The molecule has 11 heteroatoms. The number of benzene rings is 2. The molecule has 0 spiro atoms. The van der Waals surface area contributed by atoms with Crippen LogP contribution in [0.15, 0.2) is 48.5 Å². The van der Waals surface area contributed by atoms with Crippen molar-refractivity contribution in [2.75, 3.05) is 18.5 Å². The van der Waals surface area contributed by atoms with Gasteiger partial charge in [-0.25, -0.2) is 4.79 Å². The number of ether oxygens (including phenoxy) is 2. The Balaban J connectivity index is 1.68. The lowest BCUT2D eigenvalue weighted by Crippen LogP contribution is -2.43. The molecule has 2 aromatic rings. The second-order valence-electron chi connectivity index (χ2n) is 7.79. The van der Waals surface area contributed by atoms with Crippen molar-refractivity contribution in [1.82, 2.24) is 10.9 Å². The summed E-state index contributed by atoms with van der Waals surface area (Å²) in [5.74, 6) is -2.89. The van der Waals surface area contributed by atoms with Crippen molar-refractivity contribution < 1.29 is 33.4 Å². The van der Waals surface area contributed by atoms with Gasteiger partial charge in [0.05, 0.1) is 18.6 Å². The minimum Gasteiger partial charge on any atom is -0.462 e. The average molecular weight is 504 g/mol. The van der Waals surface area contributed by atoms with Crippen LogP contribution in [0.1, 0.15) is 47.4 Å². The summed E-state index contributed by atoms with van der Waals surface area (Å²) in [4.78, 5) is 59.6. The Morgan fingerprint density at radius 2 is 1.57 bits per heavy atom. The number of amides is 3. The Bertz CT molecular complexity index is 1070. The Kier molecular flexibility index (Phi) is 10.7. The van der Waals surface area contributed by atoms with E-state index in [0.717, 1.165) is 0 Å². The van der Waals surface area contributed by atoms with E-state index < -0.39 is 36.3 Å². The van der Waals surface area contributed by atoms with Gasteiger partial charge in [-0.05, 0) is 48.4 Å². The molecule has 0 aliphatic carbocycles. The zero-order chi connectivity index (χ0) is 25.8. The van der Waals surface area contributed by atoms with Crippen LogP contribution in [0.4, 0.5) is 5.69 Å². The highest BCUT2D eigenvalue weighted by Crippen LogP contribution is 2.13. The number of nitrogens with one attached hydrogen (secondary N) is 3. The molecule has 3 amide bonds. The van der Waals surface area contributed by atoms with Crippen molar-refractivity contribution in [2.45, 2.75) is 26.7 Å². The molecule has 0 fully saturated rings. The Morgan fingerprint density at radius 3 is 2.26 bits per heavy atom. The topological polar surface area (TPSA) is 140 Å². The molecule has 0 aliphatic heterocycles. The van der Waals surface area contributed by atoms with Gasteiger partial charge < -0.3 is 14.8 Å². The number of rotatable bonds is 10. The zero-order valence-electron chi connectivity index (χ0n) is 19.3. The van der Waals surface area contributed by atoms with Crippen molar-refractivity contribution >= 4 is 46.9 Å². The van der Waals surface area contributed by atoms with Crippen LogP contribution in [0.3, 0.4) is 0 Å². The highest BCUT2D eigenvalue weighted by Gasteiger charge is 2.13. The molecule has 0 aliphatic rings. The number of carbonyl (C=O) groups excluding carboxylic acids is 5. The monoisotopic (exact) mass is 503 g/mol. The maximum absolute atomic E-state index is 12.1. The Morgan fingerprint density at radius 1 is 0.857 bits per heavy atom. The fourth-order valence-corrected chi connectivity index (χ4v) is 2.67. The molecule has 0 heterocycles. The van der Waals surface area contributed by atoms with Crippen LogP contribution in [0.5, 0.6) is 0 Å². The summed E-state index contributed by atoms with van der Waals surface area (Å²) in [7, 11) is 0. The number of anilines is 1. The lowest BCUT2D eigenvalue weighted by molar-refractivity contribution is -0.149. The Hall–Kier alpha value is -3.92. The van der Waals surface area contributed by atoms with Crippen LogP contribution in [-0.2, 0) is 23.9 Å². The summed E-state index contributed by atoms with van der Waals surface area (Å²) >= 11 is 5.75. The molecule has 186 valence electrons. The third-order valence-electron chi connectivity index (χ3n) is 4.27. The molecule has 2 rings (SSSR count). The van der Waals surface area contributed by atoms with Crippen LogP contribution in [0.2, 0.25) is 5.02 Å². The van der Waals surface area contributed by atoms with Crippen LogP contribution >= 0.6 is 11.6 Å². The lowest BCUT2D eigenvalue weighted by Gasteiger charge is -2.10. The fourth-order valence-electron chi connectivity index (χ4n) is 2.54. The van der Waals surface area contributed by atoms with Crippen LogP contribution in [0, 0.1) is 5.92 Å². The van der Waals surface area contributed by atoms with Crippen molar-refractivity contribution in [3.8, 4) is 0 Å². The first-order chi connectivity index (χ1) is 16.6. The van der Waals surface area contributed by atoms with Gasteiger partial charge in [-0.15, -0.1) is 0 Å². The number of halogens is 1. The van der Waals surface area contributed by atoms with Crippen molar-refractivity contribution in [3.05, 3.63) is 64.7 Å². The van der Waals surface area contributed by atoms with E-state index in [9.17, 15) is 24.0 Å². The van der Waals surface area contributed by atoms with E-state index in [1.807, 2.05) is 13.8 Å². The molecular weight excluding hydrogens is 478 g/mol. The number of hydrazine groups is 1. The first-order valence-corrected chi connectivity index (χ1v) is 11.1. The summed E-state index contributed by atoms with van der Waals surface area (Å²) in [6.07, 6.45) is -0.470. The van der Waals surface area contributed by atoms with Crippen molar-refractivity contribution in [3.63, 3.8) is 0 Å². The molecular formula is C24H26ClN3O7. The average Bonchev–Trinajstić information content (AvgIpc) is 2.83. The predicted molar refractivity (Wildman–Crippen MR) is 127 cm³/mol. The summed E-state index contributed by atoms with van der Waals surface area (Å²) in [5.41, 5.74) is 5.22. The summed E-state index contributed by atoms with van der Waals surface area (Å²) in [6, 6.07) is 12.2. The molecule has 0 saturated carbocycles. The predicted octanol–water partition coefficient (Wildman–Crippen LogP) is 2.88. The SMILES string of the molecule is CC(C)COC(=O)c1cccc(NC(=O)CCC(=O)OCC(=O)NNC(=O)c2ccc(Cl)cc2)c1. The van der Waals surface area contributed by atoms with Gasteiger partial charge in [0.15, 0.2) is 6.61 Å². The van der Waals surface area contributed by atoms with Gasteiger partial charge in [0.2, 0.25) is 5.91 Å². The molecule has 3 N–H and O–H groups in total. The van der Waals surface area contributed by atoms with E-state index in [2.05, 4.69) is 16.2 Å². The first kappa shape index (κ1) is 27.3. The van der Waals surface area contributed by atoms with E-state index in [1.54, 1.807) is 18.2 Å². The minimum atomic E-state index is -0.773. The van der Waals surface area contributed by atoms with Gasteiger partial charge in [-0.3, -0.25) is 30.0 Å². The van der Waals surface area contributed by atoms with Gasteiger partial charge >= 0.3 is 11.9 Å². The van der Waals surface area contributed by atoms with E-state index in [0.29, 0.717) is 10.7 Å². The maximum atomic E-state index is 12.1. The lowest BCUT2D eigenvalue weighted by atomic mass is 10.2. The maximum Gasteiger partial charge on any atom is 0.338 e. The molecule has 10 nitrogen and oxygen atoms in total.